The summed E-state index contributed by atoms with van der Waals surface area (Å²) < 4.78 is 21.4. The summed E-state index contributed by atoms with van der Waals surface area (Å²) in [6.07, 6.45) is 3.03. The molecule has 2 aromatic carbocycles. The van der Waals surface area contributed by atoms with Crippen LogP contribution in [0.5, 0.6) is 23.0 Å². The highest BCUT2D eigenvalue weighted by Crippen LogP contribution is 2.52. The van der Waals surface area contributed by atoms with Crippen LogP contribution in [0.3, 0.4) is 0 Å². The number of benzene rings is 2. The highest BCUT2D eigenvalue weighted by Gasteiger charge is 2.45. The van der Waals surface area contributed by atoms with Crippen LogP contribution in [0.25, 0.3) is 11.0 Å². The third-order valence-electron chi connectivity index (χ3n) is 9.45. The Kier molecular flexibility index (Phi) is 7.96. The van der Waals surface area contributed by atoms with Gasteiger partial charge >= 0.3 is 11.4 Å². The summed E-state index contributed by atoms with van der Waals surface area (Å²) in [5, 5.41) is 11.1. The van der Waals surface area contributed by atoms with E-state index >= 15 is 0 Å². The molecule has 14 nitrogen and oxygen atoms in total. The van der Waals surface area contributed by atoms with Crippen LogP contribution in [0, 0.1) is 0 Å². The number of carbonyl (C=O) groups excluding carboxylic acids is 2. The standard InChI is InChI=1S/C34H30IN5O9/c1-37-24-15-28(49-4)27(48-3)14-22(24)36-21(32(37)44)8-9-38-33(45)39-10-7-17-23(40(39)34(38)46)12-19-26(42)13-20(35)31(43)30(19)29(17)18-6-5-16(47-2)11-25(18)41/h5-7,11,13-15,23,29,41H,8-10,12H2,1-4H3. The predicted octanol–water partition coefficient (Wildman–Crippen LogP) is 2.47. The molecular formula is C34H30IN5O9. The van der Waals surface area contributed by atoms with Gasteiger partial charge in [-0.1, -0.05) is 12.1 Å². The van der Waals surface area contributed by atoms with Gasteiger partial charge in [-0.05, 0) is 34.2 Å². The average Bonchev–Trinajstić information content (AvgIpc) is 3.35. The van der Waals surface area contributed by atoms with Crippen molar-refractivity contribution in [3.05, 3.63) is 105 Å². The number of halogens is 1. The molecule has 0 saturated carbocycles. The van der Waals surface area contributed by atoms with Crippen LogP contribution in [0.4, 0.5) is 0 Å². The molecule has 0 amide bonds. The molecule has 1 N–H and O–H groups in total. The zero-order valence-corrected chi connectivity index (χ0v) is 29.0. The Morgan fingerprint density at radius 2 is 1.71 bits per heavy atom. The Hall–Kier alpha value is -5.19. The highest BCUT2D eigenvalue weighted by atomic mass is 127. The zero-order valence-electron chi connectivity index (χ0n) is 26.9. The summed E-state index contributed by atoms with van der Waals surface area (Å²) >= 11 is 1.84. The number of Topliss-reactive ketones (excluding diaryl/α,β-unsaturated/α-hetero) is 1. The van der Waals surface area contributed by atoms with E-state index in [2.05, 4.69) is 4.98 Å². The van der Waals surface area contributed by atoms with Crippen LogP contribution in [0.2, 0.25) is 0 Å². The van der Waals surface area contributed by atoms with Gasteiger partial charge in [-0.3, -0.25) is 14.4 Å². The molecule has 3 heterocycles. The number of hydrogen-bond acceptors (Lipinski definition) is 10. The molecule has 0 fully saturated rings. The van der Waals surface area contributed by atoms with Crippen LogP contribution in [-0.2, 0) is 36.1 Å². The molecule has 15 heteroatoms. The molecule has 1 aliphatic heterocycles. The van der Waals surface area contributed by atoms with Gasteiger partial charge in [0, 0.05) is 73.3 Å². The lowest BCUT2D eigenvalue weighted by molar-refractivity contribution is -0.115. The molecule has 0 radical (unpaired) electrons. The Labute approximate surface area is 291 Å². The fourth-order valence-electron chi connectivity index (χ4n) is 7.05. The summed E-state index contributed by atoms with van der Waals surface area (Å²) in [6, 6.07) is 7.22. The van der Waals surface area contributed by atoms with Gasteiger partial charge in [0.05, 0.1) is 48.5 Å². The van der Waals surface area contributed by atoms with E-state index in [1.54, 1.807) is 37.4 Å². The van der Waals surface area contributed by atoms with Crippen molar-refractivity contribution < 1.29 is 28.9 Å². The van der Waals surface area contributed by atoms with Gasteiger partial charge in [-0.2, -0.15) is 0 Å². The summed E-state index contributed by atoms with van der Waals surface area (Å²) in [4.78, 5) is 72.6. The van der Waals surface area contributed by atoms with Gasteiger partial charge in [0.25, 0.3) is 5.56 Å². The molecule has 2 aromatic heterocycles. The first-order chi connectivity index (χ1) is 23.5. The number of phenols is 1. The van der Waals surface area contributed by atoms with Gasteiger partial charge in [0.2, 0.25) is 0 Å². The molecule has 0 saturated heterocycles. The van der Waals surface area contributed by atoms with Crippen LogP contribution < -0.4 is 31.1 Å². The molecular weight excluding hydrogens is 749 g/mol. The number of rotatable bonds is 7. The number of methoxy groups -OCH3 is 3. The number of aromatic hydroxyl groups is 1. The minimum atomic E-state index is -0.853. The maximum absolute atomic E-state index is 14.1. The van der Waals surface area contributed by atoms with Crippen molar-refractivity contribution in [2.24, 2.45) is 7.05 Å². The fourth-order valence-corrected chi connectivity index (χ4v) is 7.62. The lowest BCUT2D eigenvalue weighted by Gasteiger charge is -2.39. The first kappa shape index (κ1) is 32.4. The summed E-state index contributed by atoms with van der Waals surface area (Å²) in [5.74, 6) is -0.423. The van der Waals surface area contributed by atoms with Crippen molar-refractivity contribution >= 4 is 45.2 Å². The second-order valence-electron chi connectivity index (χ2n) is 11.9. The zero-order chi connectivity index (χ0) is 34.9. The monoisotopic (exact) mass is 779 g/mol. The largest absolute Gasteiger partial charge is 0.507 e. The number of ether oxygens (including phenoxy) is 3. The lowest BCUT2D eigenvalue weighted by atomic mass is 9.68. The van der Waals surface area contributed by atoms with Crippen molar-refractivity contribution in [3.63, 3.8) is 0 Å². The van der Waals surface area contributed by atoms with E-state index in [0.29, 0.717) is 39.4 Å². The van der Waals surface area contributed by atoms with Crippen molar-refractivity contribution in [3.8, 4) is 23.0 Å². The molecule has 0 bridgehead atoms. The minimum Gasteiger partial charge on any atom is -0.507 e. The van der Waals surface area contributed by atoms with Crippen molar-refractivity contribution in [1.82, 2.24) is 23.5 Å². The van der Waals surface area contributed by atoms with E-state index in [1.807, 2.05) is 22.6 Å². The molecule has 7 rings (SSSR count). The maximum Gasteiger partial charge on any atom is 0.347 e. The number of nitrogens with zero attached hydrogens (tertiary/aromatic N) is 5. The van der Waals surface area contributed by atoms with Crippen LogP contribution in [0.1, 0.15) is 29.6 Å². The minimum absolute atomic E-state index is 0.000997. The highest BCUT2D eigenvalue weighted by molar-refractivity contribution is 14.1. The maximum atomic E-state index is 14.1. The van der Waals surface area contributed by atoms with Gasteiger partial charge in [0.1, 0.15) is 17.2 Å². The van der Waals surface area contributed by atoms with Crippen LogP contribution in [0.15, 0.2) is 77.2 Å². The van der Waals surface area contributed by atoms with Crippen LogP contribution >= 0.6 is 22.6 Å². The van der Waals surface area contributed by atoms with Gasteiger partial charge < -0.3 is 23.9 Å². The fraction of sp³-hybridized carbons (Fsp3) is 0.294. The van der Waals surface area contributed by atoms with E-state index in [4.69, 9.17) is 14.2 Å². The number of aryl methyl sites for hydroxylation is 2. The summed E-state index contributed by atoms with van der Waals surface area (Å²) in [6.45, 7) is -0.127. The molecule has 2 aliphatic carbocycles. The van der Waals surface area contributed by atoms with Gasteiger partial charge in [0.15, 0.2) is 23.1 Å². The van der Waals surface area contributed by atoms with E-state index in [0.717, 1.165) is 4.57 Å². The number of ketones is 2. The number of carbonyl (C=O) groups is 2. The molecule has 2 unspecified atom stereocenters. The first-order valence-electron chi connectivity index (χ1n) is 15.3. The molecule has 0 spiro atoms. The quantitative estimate of drug-likeness (QED) is 0.167. The summed E-state index contributed by atoms with van der Waals surface area (Å²) in [5.41, 5.74) is 0.977. The lowest BCUT2D eigenvalue weighted by Crippen LogP contribution is -2.40. The normalized spacial score (nSPS) is 18.5. The van der Waals surface area contributed by atoms with Gasteiger partial charge in [-0.15, -0.1) is 0 Å². The Balaban J connectivity index is 1.30. The second kappa shape index (κ2) is 12.0. The smallest absolute Gasteiger partial charge is 0.347 e. The molecule has 252 valence electrons. The van der Waals surface area contributed by atoms with Crippen molar-refractivity contribution in [2.75, 3.05) is 21.3 Å². The number of fused-ring (bicyclic) bond motifs is 4. The van der Waals surface area contributed by atoms with Crippen molar-refractivity contribution in [2.45, 2.75) is 37.9 Å². The number of aromatic nitrogens is 5. The SMILES string of the molecule is COc1ccc(C2C3=CCn4c(=O)n(CCc5nc6cc(OC)c(OC)cc6n(C)c5=O)c(=O)n4C3CC3=C2C(=O)C(I)=CC3=O)c(O)c1. The predicted molar refractivity (Wildman–Crippen MR) is 185 cm³/mol. The number of phenolic OH excluding ortho intramolecular Hbond substituents is 1. The molecule has 4 aromatic rings. The van der Waals surface area contributed by atoms with Crippen LogP contribution in [-0.4, -0.2) is 61.5 Å². The first-order valence-corrected chi connectivity index (χ1v) is 16.4. The number of allylic oxidation sites excluding steroid dienone is 6. The Bertz CT molecular complexity index is 2410. The Morgan fingerprint density at radius 1 is 0.980 bits per heavy atom. The van der Waals surface area contributed by atoms with Crippen molar-refractivity contribution in [1.29, 1.82) is 0 Å². The molecule has 2 atom stereocenters. The average molecular weight is 780 g/mol. The third kappa shape index (κ3) is 4.97. The topological polar surface area (TPSA) is 166 Å². The summed E-state index contributed by atoms with van der Waals surface area (Å²) in [7, 11) is 6.05. The third-order valence-corrected chi connectivity index (χ3v) is 10.3. The van der Waals surface area contributed by atoms with E-state index < -0.39 is 28.9 Å². The number of hydrogen-bond donors (Lipinski definition) is 1. The van der Waals surface area contributed by atoms with Gasteiger partial charge in [-0.25, -0.2) is 28.5 Å². The van der Waals surface area contributed by atoms with E-state index in [-0.39, 0.29) is 63.7 Å². The molecule has 3 aliphatic rings. The Morgan fingerprint density at radius 3 is 2.41 bits per heavy atom. The van der Waals surface area contributed by atoms with E-state index in [9.17, 15) is 29.1 Å². The second-order valence-corrected chi connectivity index (χ2v) is 13.0. The molecule has 49 heavy (non-hydrogen) atoms. The van der Waals surface area contributed by atoms with E-state index in [1.165, 1.54) is 47.4 Å².